The SMILES string of the molecule is CC1CCCC1CNCC(O)C(F)(F)F. The Morgan fingerprint density at radius 1 is 1.40 bits per heavy atom. The molecule has 1 saturated carbocycles. The molecule has 1 fully saturated rings. The average molecular weight is 225 g/mol. The molecule has 90 valence electrons. The molecular formula is C10H18F3NO. The largest absolute Gasteiger partial charge is 0.415 e. The lowest BCUT2D eigenvalue weighted by Crippen LogP contribution is -2.40. The summed E-state index contributed by atoms with van der Waals surface area (Å²) in [7, 11) is 0. The van der Waals surface area contributed by atoms with Gasteiger partial charge in [0.25, 0.3) is 0 Å². The molecule has 0 bridgehead atoms. The monoisotopic (exact) mass is 225 g/mol. The van der Waals surface area contributed by atoms with Crippen LogP contribution >= 0.6 is 0 Å². The van der Waals surface area contributed by atoms with Crippen molar-refractivity contribution < 1.29 is 18.3 Å². The highest BCUT2D eigenvalue weighted by molar-refractivity contribution is 4.77. The van der Waals surface area contributed by atoms with Crippen molar-refractivity contribution in [2.24, 2.45) is 11.8 Å². The van der Waals surface area contributed by atoms with Crippen molar-refractivity contribution in [2.75, 3.05) is 13.1 Å². The van der Waals surface area contributed by atoms with E-state index in [4.69, 9.17) is 5.11 Å². The molecule has 3 unspecified atom stereocenters. The summed E-state index contributed by atoms with van der Waals surface area (Å²) >= 11 is 0. The number of nitrogens with one attached hydrogen (secondary N) is 1. The van der Waals surface area contributed by atoms with Crippen LogP contribution < -0.4 is 5.32 Å². The lowest BCUT2D eigenvalue weighted by molar-refractivity contribution is -0.201. The van der Waals surface area contributed by atoms with Gasteiger partial charge in [-0.1, -0.05) is 19.8 Å². The van der Waals surface area contributed by atoms with Crippen LogP contribution in [-0.4, -0.2) is 30.5 Å². The maximum Gasteiger partial charge on any atom is 0.415 e. The molecule has 0 aliphatic heterocycles. The Labute approximate surface area is 87.9 Å². The first-order chi connectivity index (χ1) is 6.91. The molecule has 5 heteroatoms. The van der Waals surface area contributed by atoms with Gasteiger partial charge in [-0.15, -0.1) is 0 Å². The predicted octanol–water partition coefficient (Wildman–Crippen LogP) is 1.94. The molecule has 1 aliphatic rings. The van der Waals surface area contributed by atoms with E-state index < -0.39 is 18.8 Å². The summed E-state index contributed by atoms with van der Waals surface area (Å²) in [6.45, 7) is 2.31. The maximum absolute atomic E-state index is 11.9. The molecule has 2 N–H and O–H groups in total. The molecule has 0 aromatic rings. The number of alkyl halides is 3. The summed E-state index contributed by atoms with van der Waals surface area (Å²) in [4.78, 5) is 0. The van der Waals surface area contributed by atoms with Crippen LogP contribution in [0.25, 0.3) is 0 Å². The number of aliphatic hydroxyl groups excluding tert-OH is 1. The molecule has 3 atom stereocenters. The predicted molar refractivity (Wildman–Crippen MR) is 51.4 cm³/mol. The molecule has 0 aromatic carbocycles. The van der Waals surface area contributed by atoms with Crippen LogP contribution in [0.1, 0.15) is 26.2 Å². The lowest BCUT2D eigenvalue weighted by Gasteiger charge is -2.19. The van der Waals surface area contributed by atoms with Gasteiger partial charge < -0.3 is 10.4 Å². The van der Waals surface area contributed by atoms with E-state index in [1.54, 1.807) is 0 Å². The molecule has 0 aromatic heterocycles. The lowest BCUT2D eigenvalue weighted by atomic mass is 9.98. The third kappa shape index (κ3) is 3.99. The Morgan fingerprint density at radius 3 is 2.53 bits per heavy atom. The van der Waals surface area contributed by atoms with Crippen molar-refractivity contribution in [3.63, 3.8) is 0 Å². The first-order valence-electron chi connectivity index (χ1n) is 5.36. The number of rotatable bonds is 4. The summed E-state index contributed by atoms with van der Waals surface area (Å²) in [5.74, 6) is 1.05. The molecule has 2 nitrogen and oxygen atoms in total. The van der Waals surface area contributed by atoms with E-state index in [0.29, 0.717) is 18.4 Å². The number of aliphatic hydroxyl groups is 1. The van der Waals surface area contributed by atoms with Crippen molar-refractivity contribution in [3.05, 3.63) is 0 Å². The molecule has 0 heterocycles. The average Bonchev–Trinajstić information content (AvgIpc) is 2.50. The van der Waals surface area contributed by atoms with E-state index in [9.17, 15) is 13.2 Å². The van der Waals surface area contributed by atoms with Crippen LogP contribution in [-0.2, 0) is 0 Å². The molecular weight excluding hydrogens is 207 g/mol. The van der Waals surface area contributed by atoms with E-state index in [0.717, 1.165) is 19.3 Å². The van der Waals surface area contributed by atoms with Crippen LogP contribution in [0.5, 0.6) is 0 Å². The van der Waals surface area contributed by atoms with Crippen molar-refractivity contribution >= 4 is 0 Å². The maximum atomic E-state index is 11.9. The Hall–Kier alpha value is -0.290. The zero-order valence-electron chi connectivity index (χ0n) is 8.85. The van der Waals surface area contributed by atoms with Gasteiger partial charge in [0, 0.05) is 6.54 Å². The molecule has 15 heavy (non-hydrogen) atoms. The minimum absolute atomic E-state index is 0.396. The third-order valence-corrected chi connectivity index (χ3v) is 3.16. The van der Waals surface area contributed by atoms with Crippen molar-refractivity contribution in [3.8, 4) is 0 Å². The van der Waals surface area contributed by atoms with Gasteiger partial charge in [-0.3, -0.25) is 0 Å². The van der Waals surface area contributed by atoms with Gasteiger partial charge in [0.15, 0.2) is 6.10 Å². The van der Waals surface area contributed by atoms with E-state index in [-0.39, 0.29) is 0 Å². The van der Waals surface area contributed by atoms with Crippen LogP contribution in [0.2, 0.25) is 0 Å². The normalized spacial score (nSPS) is 29.4. The second-order valence-corrected chi connectivity index (χ2v) is 4.38. The highest BCUT2D eigenvalue weighted by Gasteiger charge is 2.37. The van der Waals surface area contributed by atoms with Gasteiger partial charge in [0.05, 0.1) is 0 Å². The first-order valence-corrected chi connectivity index (χ1v) is 5.36. The third-order valence-electron chi connectivity index (χ3n) is 3.16. The Balaban J connectivity index is 2.16. The highest BCUT2D eigenvalue weighted by atomic mass is 19.4. The fourth-order valence-corrected chi connectivity index (χ4v) is 2.05. The smallest absolute Gasteiger partial charge is 0.382 e. The molecule has 0 radical (unpaired) electrons. The van der Waals surface area contributed by atoms with Crippen molar-refractivity contribution in [1.82, 2.24) is 5.32 Å². The minimum atomic E-state index is -4.51. The Morgan fingerprint density at radius 2 is 2.07 bits per heavy atom. The van der Waals surface area contributed by atoms with Gasteiger partial charge in [-0.2, -0.15) is 13.2 Å². The fraction of sp³-hybridized carbons (Fsp3) is 1.00. The quantitative estimate of drug-likeness (QED) is 0.766. The number of hydrogen-bond donors (Lipinski definition) is 2. The van der Waals surface area contributed by atoms with Crippen LogP contribution in [0, 0.1) is 11.8 Å². The van der Waals surface area contributed by atoms with Gasteiger partial charge >= 0.3 is 6.18 Å². The highest BCUT2D eigenvalue weighted by Crippen LogP contribution is 2.30. The van der Waals surface area contributed by atoms with E-state index in [1.165, 1.54) is 0 Å². The van der Waals surface area contributed by atoms with Gasteiger partial charge in [-0.05, 0) is 24.8 Å². The van der Waals surface area contributed by atoms with Crippen molar-refractivity contribution in [1.29, 1.82) is 0 Å². The zero-order valence-corrected chi connectivity index (χ0v) is 8.85. The minimum Gasteiger partial charge on any atom is -0.382 e. The second kappa shape index (κ2) is 5.16. The Bertz CT molecular complexity index is 194. The molecule has 1 aliphatic carbocycles. The number of hydrogen-bond acceptors (Lipinski definition) is 2. The summed E-state index contributed by atoms with van der Waals surface area (Å²) in [5, 5.41) is 11.4. The van der Waals surface area contributed by atoms with Crippen LogP contribution in [0.15, 0.2) is 0 Å². The molecule has 0 amide bonds. The van der Waals surface area contributed by atoms with E-state index >= 15 is 0 Å². The molecule has 1 rings (SSSR count). The van der Waals surface area contributed by atoms with E-state index in [1.807, 2.05) is 0 Å². The van der Waals surface area contributed by atoms with Gasteiger partial charge in [0.1, 0.15) is 0 Å². The molecule has 0 saturated heterocycles. The first kappa shape index (κ1) is 12.8. The topological polar surface area (TPSA) is 32.3 Å². The second-order valence-electron chi connectivity index (χ2n) is 4.38. The number of halogens is 3. The van der Waals surface area contributed by atoms with Crippen molar-refractivity contribution in [2.45, 2.75) is 38.5 Å². The summed E-state index contributed by atoms with van der Waals surface area (Å²) in [5.41, 5.74) is 0. The van der Waals surface area contributed by atoms with Gasteiger partial charge in [-0.25, -0.2) is 0 Å². The van der Waals surface area contributed by atoms with E-state index in [2.05, 4.69) is 12.2 Å². The standard InChI is InChI=1S/C10H18F3NO/c1-7-3-2-4-8(7)5-14-6-9(15)10(11,12)13/h7-9,14-15H,2-6H2,1H3. The summed E-state index contributed by atoms with van der Waals surface area (Å²) < 4.78 is 35.8. The zero-order chi connectivity index (χ0) is 11.5. The summed E-state index contributed by atoms with van der Waals surface area (Å²) in [6, 6.07) is 0. The summed E-state index contributed by atoms with van der Waals surface area (Å²) in [6.07, 6.45) is -3.34. The fourth-order valence-electron chi connectivity index (χ4n) is 2.05. The molecule has 0 spiro atoms. The van der Waals surface area contributed by atoms with Crippen LogP contribution in [0.3, 0.4) is 0 Å². The van der Waals surface area contributed by atoms with Crippen LogP contribution in [0.4, 0.5) is 13.2 Å². The Kier molecular flexibility index (Phi) is 4.40. The van der Waals surface area contributed by atoms with Gasteiger partial charge in [0.2, 0.25) is 0 Å².